The number of carbonyl (C=O) groups excluding carboxylic acids is 2. The van der Waals surface area contributed by atoms with Crippen molar-refractivity contribution in [1.29, 1.82) is 0 Å². The zero-order chi connectivity index (χ0) is 17.9. The Bertz CT molecular complexity index is 918. The van der Waals surface area contributed by atoms with Crippen molar-refractivity contribution in [3.63, 3.8) is 0 Å². The van der Waals surface area contributed by atoms with Crippen LogP contribution in [0.4, 0.5) is 0 Å². The normalized spacial score (nSPS) is 17.9. The van der Waals surface area contributed by atoms with E-state index in [0.29, 0.717) is 19.5 Å². The number of carbonyl (C=O) groups is 2. The van der Waals surface area contributed by atoms with Gasteiger partial charge in [0.15, 0.2) is 4.96 Å². The van der Waals surface area contributed by atoms with Crippen molar-refractivity contribution < 1.29 is 9.59 Å². The van der Waals surface area contributed by atoms with Crippen LogP contribution in [0, 0.1) is 0 Å². The van der Waals surface area contributed by atoms with Crippen LogP contribution in [0.5, 0.6) is 0 Å². The Kier molecular flexibility index (Phi) is 4.71. The molecule has 2 amide bonds. The Morgan fingerprint density at radius 3 is 3.00 bits per heavy atom. The number of nitrogens with zero attached hydrogens (tertiary/aromatic N) is 3. The topological polar surface area (TPSA) is 66.7 Å². The lowest BCUT2D eigenvalue weighted by Crippen LogP contribution is -2.49. The van der Waals surface area contributed by atoms with Gasteiger partial charge in [-0.25, -0.2) is 4.98 Å². The SMILES string of the molecule is O=C1NCCCN(C(=O)Cc2csc3nccn23)C1Cc1ccccc1. The van der Waals surface area contributed by atoms with Gasteiger partial charge in [0.2, 0.25) is 11.8 Å². The van der Waals surface area contributed by atoms with Crippen LogP contribution in [0.1, 0.15) is 17.7 Å². The summed E-state index contributed by atoms with van der Waals surface area (Å²) in [5, 5.41) is 4.90. The summed E-state index contributed by atoms with van der Waals surface area (Å²) in [4.78, 5) is 32.5. The predicted octanol–water partition coefficient (Wildman–Crippen LogP) is 1.90. The molecule has 3 aromatic rings. The average molecular weight is 368 g/mol. The number of aromatic nitrogens is 2. The molecule has 6 nitrogen and oxygen atoms in total. The summed E-state index contributed by atoms with van der Waals surface area (Å²) < 4.78 is 1.94. The molecule has 0 aliphatic carbocycles. The van der Waals surface area contributed by atoms with Gasteiger partial charge in [-0.1, -0.05) is 30.3 Å². The third kappa shape index (κ3) is 3.35. The fraction of sp³-hybridized carbons (Fsp3) is 0.316. The molecule has 26 heavy (non-hydrogen) atoms. The first-order valence-corrected chi connectivity index (χ1v) is 9.61. The minimum Gasteiger partial charge on any atom is -0.354 e. The van der Waals surface area contributed by atoms with E-state index in [4.69, 9.17) is 0 Å². The molecule has 0 radical (unpaired) electrons. The second-order valence-corrected chi connectivity index (χ2v) is 7.26. The molecule has 1 aliphatic heterocycles. The molecular weight excluding hydrogens is 348 g/mol. The van der Waals surface area contributed by atoms with E-state index >= 15 is 0 Å². The van der Waals surface area contributed by atoms with Crippen LogP contribution in [0.3, 0.4) is 0 Å². The van der Waals surface area contributed by atoms with Gasteiger partial charge in [0, 0.05) is 43.0 Å². The van der Waals surface area contributed by atoms with Gasteiger partial charge in [0.25, 0.3) is 0 Å². The Labute approximate surface area is 155 Å². The number of fused-ring (bicyclic) bond motifs is 1. The standard InChI is InChI=1S/C19H20N4O2S/c24-17(12-15-13-26-19-21-8-10-22(15)19)23-9-4-7-20-18(25)16(23)11-14-5-2-1-3-6-14/h1-3,5-6,8,10,13,16H,4,7,9,11-12H2,(H,20,25). The molecule has 2 aromatic heterocycles. The molecule has 1 fully saturated rings. The fourth-order valence-electron chi connectivity index (χ4n) is 3.37. The molecule has 1 aromatic carbocycles. The van der Waals surface area contributed by atoms with Gasteiger partial charge in [0.1, 0.15) is 6.04 Å². The predicted molar refractivity (Wildman–Crippen MR) is 100 cm³/mol. The summed E-state index contributed by atoms with van der Waals surface area (Å²) in [6.45, 7) is 1.20. The third-order valence-corrected chi connectivity index (χ3v) is 5.60. The smallest absolute Gasteiger partial charge is 0.243 e. The van der Waals surface area contributed by atoms with E-state index in [1.807, 2.05) is 46.3 Å². The summed E-state index contributed by atoms with van der Waals surface area (Å²) in [6.07, 6.45) is 5.17. The van der Waals surface area contributed by atoms with Crippen molar-refractivity contribution in [2.45, 2.75) is 25.3 Å². The van der Waals surface area contributed by atoms with Crippen molar-refractivity contribution in [1.82, 2.24) is 19.6 Å². The maximum atomic E-state index is 13.0. The van der Waals surface area contributed by atoms with E-state index in [1.165, 1.54) is 11.3 Å². The molecule has 0 spiro atoms. The number of nitrogens with one attached hydrogen (secondary N) is 1. The molecule has 1 aliphatic rings. The Morgan fingerprint density at radius 2 is 2.15 bits per heavy atom. The molecule has 0 bridgehead atoms. The fourth-order valence-corrected chi connectivity index (χ4v) is 4.22. The monoisotopic (exact) mass is 368 g/mol. The van der Waals surface area contributed by atoms with Gasteiger partial charge >= 0.3 is 0 Å². The zero-order valence-electron chi connectivity index (χ0n) is 14.3. The van der Waals surface area contributed by atoms with Crippen LogP contribution >= 0.6 is 11.3 Å². The highest BCUT2D eigenvalue weighted by Crippen LogP contribution is 2.18. The van der Waals surface area contributed by atoms with Crippen molar-refractivity contribution in [2.75, 3.05) is 13.1 Å². The van der Waals surface area contributed by atoms with Gasteiger partial charge in [-0.3, -0.25) is 14.0 Å². The molecule has 134 valence electrons. The van der Waals surface area contributed by atoms with Crippen LogP contribution < -0.4 is 5.32 Å². The molecule has 1 unspecified atom stereocenters. The summed E-state index contributed by atoms with van der Waals surface area (Å²) >= 11 is 1.52. The van der Waals surface area contributed by atoms with Gasteiger partial charge in [-0.05, 0) is 12.0 Å². The number of hydrogen-bond acceptors (Lipinski definition) is 4. The quantitative estimate of drug-likeness (QED) is 0.765. The summed E-state index contributed by atoms with van der Waals surface area (Å²) in [5.74, 6) is -0.0887. The molecule has 0 saturated carbocycles. The largest absolute Gasteiger partial charge is 0.354 e. The number of thiazole rings is 1. The third-order valence-electron chi connectivity index (χ3n) is 4.70. The first-order valence-electron chi connectivity index (χ1n) is 8.73. The van der Waals surface area contributed by atoms with Gasteiger partial charge in [0.05, 0.1) is 6.42 Å². The highest BCUT2D eigenvalue weighted by Gasteiger charge is 2.31. The van der Waals surface area contributed by atoms with Gasteiger partial charge < -0.3 is 10.2 Å². The lowest BCUT2D eigenvalue weighted by molar-refractivity contribution is -0.139. The second kappa shape index (κ2) is 7.29. The van der Waals surface area contributed by atoms with E-state index in [0.717, 1.165) is 22.6 Å². The van der Waals surface area contributed by atoms with Crippen molar-refractivity contribution >= 4 is 28.1 Å². The van der Waals surface area contributed by atoms with E-state index in [2.05, 4.69) is 10.3 Å². The second-order valence-electron chi connectivity index (χ2n) is 6.42. The lowest BCUT2D eigenvalue weighted by Gasteiger charge is -2.28. The van der Waals surface area contributed by atoms with Crippen molar-refractivity contribution in [2.24, 2.45) is 0 Å². The first kappa shape index (κ1) is 16.8. The molecule has 1 saturated heterocycles. The Balaban J connectivity index is 1.57. The minimum atomic E-state index is -0.468. The number of imidazole rings is 1. The zero-order valence-corrected chi connectivity index (χ0v) is 15.1. The number of hydrogen-bond donors (Lipinski definition) is 1. The average Bonchev–Trinajstić information content (AvgIpc) is 3.21. The highest BCUT2D eigenvalue weighted by molar-refractivity contribution is 7.15. The summed E-state index contributed by atoms with van der Waals surface area (Å²) in [7, 11) is 0. The molecule has 7 heteroatoms. The summed E-state index contributed by atoms with van der Waals surface area (Å²) in [5.41, 5.74) is 1.97. The van der Waals surface area contributed by atoms with Gasteiger partial charge in [-0.15, -0.1) is 11.3 Å². The minimum absolute atomic E-state index is 0.0172. The first-order chi connectivity index (χ1) is 12.7. The van der Waals surface area contributed by atoms with Crippen molar-refractivity contribution in [3.05, 3.63) is 59.4 Å². The van der Waals surface area contributed by atoms with Crippen LogP contribution in [-0.2, 0) is 22.4 Å². The number of benzene rings is 1. The maximum absolute atomic E-state index is 13.0. The van der Waals surface area contributed by atoms with Crippen LogP contribution in [0.2, 0.25) is 0 Å². The van der Waals surface area contributed by atoms with Crippen LogP contribution in [-0.4, -0.2) is 45.2 Å². The molecule has 3 heterocycles. The van der Waals surface area contributed by atoms with Crippen LogP contribution in [0.25, 0.3) is 4.96 Å². The summed E-state index contributed by atoms with van der Waals surface area (Å²) in [6, 6.07) is 9.38. The van der Waals surface area contributed by atoms with E-state index in [1.54, 1.807) is 11.1 Å². The van der Waals surface area contributed by atoms with Crippen LogP contribution in [0.15, 0.2) is 48.1 Å². The molecule has 1 atom stereocenters. The highest BCUT2D eigenvalue weighted by atomic mass is 32.1. The lowest BCUT2D eigenvalue weighted by atomic mass is 10.0. The van der Waals surface area contributed by atoms with Gasteiger partial charge in [-0.2, -0.15) is 0 Å². The molecule has 1 N–H and O–H groups in total. The number of rotatable bonds is 4. The van der Waals surface area contributed by atoms with E-state index < -0.39 is 6.04 Å². The number of amides is 2. The Hall–Kier alpha value is -2.67. The van der Waals surface area contributed by atoms with E-state index in [9.17, 15) is 9.59 Å². The van der Waals surface area contributed by atoms with E-state index in [-0.39, 0.29) is 18.2 Å². The molecular formula is C19H20N4O2S. The Morgan fingerprint density at radius 1 is 1.31 bits per heavy atom. The van der Waals surface area contributed by atoms with Crippen molar-refractivity contribution in [3.8, 4) is 0 Å². The maximum Gasteiger partial charge on any atom is 0.243 e. The molecule has 4 rings (SSSR count).